The van der Waals surface area contributed by atoms with Crippen LogP contribution in [0.4, 0.5) is 26.3 Å². The van der Waals surface area contributed by atoms with Crippen molar-refractivity contribution < 1.29 is 31.1 Å². The molecule has 0 amide bonds. The van der Waals surface area contributed by atoms with Crippen LogP contribution in [-0.2, 0) is 12.7 Å². The van der Waals surface area contributed by atoms with E-state index in [0.29, 0.717) is 23.9 Å². The molecule has 0 atom stereocenters. The number of H-pyrrole nitrogens is 1. The third kappa shape index (κ3) is 6.43. The van der Waals surface area contributed by atoms with E-state index in [1.807, 2.05) is 18.9 Å². The van der Waals surface area contributed by atoms with E-state index in [4.69, 9.17) is 0 Å². The summed E-state index contributed by atoms with van der Waals surface area (Å²) in [7, 11) is 1.87. The first kappa shape index (κ1) is 22.1. The molecule has 1 aromatic carbocycles. The number of ether oxygens (including phenoxy) is 1. The van der Waals surface area contributed by atoms with Gasteiger partial charge in [-0.15, -0.1) is 0 Å². The van der Waals surface area contributed by atoms with Gasteiger partial charge in [0.05, 0.1) is 17.5 Å². The molecule has 0 aliphatic carbocycles. The maximum absolute atomic E-state index is 13.2. The number of halogens is 6. The Bertz CT molecular complexity index is 769. The summed E-state index contributed by atoms with van der Waals surface area (Å²) in [6, 6.07) is 2.56. The molecule has 2 rings (SSSR count). The van der Waals surface area contributed by atoms with E-state index in [1.54, 1.807) is 0 Å². The lowest BCUT2D eigenvalue weighted by Crippen LogP contribution is -2.20. The molecule has 0 bridgehead atoms. The largest absolute Gasteiger partial charge is 0.484 e. The number of nitrogens with one attached hydrogen (secondary N) is 1. The zero-order chi connectivity index (χ0) is 20.9. The highest BCUT2D eigenvalue weighted by atomic mass is 19.4. The molecule has 2 aromatic rings. The number of benzene rings is 1. The first-order valence-electron chi connectivity index (χ1n) is 8.62. The molecule has 0 unspecified atom stereocenters. The molecule has 0 fully saturated rings. The first-order chi connectivity index (χ1) is 13.0. The predicted octanol–water partition coefficient (Wildman–Crippen LogP) is 5.27. The van der Waals surface area contributed by atoms with Crippen molar-refractivity contribution in [2.75, 3.05) is 20.2 Å². The van der Waals surface area contributed by atoms with Crippen LogP contribution in [0.25, 0.3) is 11.3 Å². The first-order valence-corrected chi connectivity index (χ1v) is 8.62. The van der Waals surface area contributed by atoms with Crippen LogP contribution in [-0.4, -0.2) is 41.5 Å². The minimum Gasteiger partial charge on any atom is -0.484 e. The molecule has 1 aromatic heterocycles. The fourth-order valence-corrected chi connectivity index (χ4v) is 2.63. The van der Waals surface area contributed by atoms with Crippen LogP contribution in [0.15, 0.2) is 24.4 Å². The van der Waals surface area contributed by atoms with Crippen molar-refractivity contribution in [1.29, 1.82) is 0 Å². The highest BCUT2D eigenvalue weighted by Gasteiger charge is 2.33. The van der Waals surface area contributed by atoms with Gasteiger partial charge in [-0.25, -0.2) is 0 Å². The molecule has 0 spiro atoms. The molecule has 10 heteroatoms. The molecular weight excluding hydrogens is 388 g/mol. The van der Waals surface area contributed by atoms with Crippen molar-refractivity contribution in [2.45, 2.75) is 38.7 Å². The molecule has 1 heterocycles. The predicted molar refractivity (Wildman–Crippen MR) is 91.8 cm³/mol. The van der Waals surface area contributed by atoms with Gasteiger partial charge in [0.15, 0.2) is 6.61 Å². The molecule has 4 nitrogen and oxygen atoms in total. The summed E-state index contributed by atoms with van der Waals surface area (Å²) in [5.41, 5.74) is -0.0866. The fourth-order valence-electron chi connectivity index (χ4n) is 2.63. The Morgan fingerprint density at radius 1 is 1.11 bits per heavy atom. The number of alkyl halides is 6. The van der Waals surface area contributed by atoms with Gasteiger partial charge in [-0.1, -0.05) is 13.3 Å². The second-order valence-electron chi connectivity index (χ2n) is 6.51. The van der Waals surface area contributed by atoms with E-state index >= 15 is 0 Å². The minimum atomic E-state index is -4.73. The van der Waals surface area contributed by atoms with Crippen LogP contribution >= 0.6 is 0 Å². The average molecular weight is 409 g/mol. The number of hydrogen-bond acceptors (Lipinski definition) is 3. The average Bonchev–Trinajstić information content (AvgIpc) is 3.04. The molecule has 0 radical (unpaired) electrons. The Morgan fingerprint density at radius 3 is 2.43 bits per heavy atom. The quantitative estimate of drug-likeness (QED) is 0.604. The van der Waals surface area contributed by atoms with Crippen LogP contribution in [0.5, 0.6) is 5.75 Å². The molecular formula is C18H21F6N3O. The van der Waals surface area contributed by atoms with Crippen molar-refractivity contribution >= 4 is 0 Å². The van der Waals surface area contributed by atoms with Crippen molar-refractivity contribution in [3.63, 3.8) is 0 Å². The van der Waals surface area contributed by atoms with Crippen molar-refractivity contribution in [2.24, 2.45) is 0 Å². The monoisotopic (exact) mass is 409 g/mol. The second kappa shape index (κ2) is 8.85. The lowest BCUT2D eigenvalue weighted by molar-refractivity contribution is -0.153. The van der Waals surface area contributed by atoms with Gasteiger partial charge in [-0.2, -0.15) is 31.4 Å². The van der Waals surface area contributed by atoms with Crippen LogP contribution < -0.4 is 4.74 Å². The van der Waals surface area contributed by atoms with Gasteiger partial charge in [-0.05, 0) is 38.2 Å². The number of hydrogen-bond donors (Lipinski definition) is 1. The van der Waals surface area contributed by atoms with Gasteiger partial charge >= 0.3 is 12.4 Å². The fraction of sp³-hybridized carbons (Fsp3) is 0.500. The molecule has 28 heavy (non-hydrogen) atoms. The number of unbranched alkanes of at least 4 members (excludes halogenated alkanes) is 1. The van der Waals surface area contributed by atoms with E-state index in [2.05, 4.69) is 14.9 Å². The van der Waals surface area contributed by atoms with Crippen LogP contribution in [0.2, 0.25) is 0 Å². The van der Waals surface area contributed by atoms with Gasteiger partial charge in [-0.3, -0.25) is 5.10 Å². The number of nitrogens with zero attached hydrogens (tertiary/aromatic N) is 2. The third-order valence-corrected chi connectivity index (χ3v) is 3.98. The third-order valence-electron chi connectivity index (χ3n) is 3.98. The van der Waals surface area contributed by atoms with Crippen LogP contribution in [0.1, 0.15) is 30.9 Å². The number of aromatic amines is 1. The van der Waals surface area contributed by atoms with Crippen molar-refractivity contribution in [3.05, 3.63) is 35.5 Å². The minimum absolute atomic E-state index is 0.0587. The van der Waals surface area contributed by atoms with E-state index in [1.165, 1.54) is 6.20 Å². The van der Waals surface area contributed by atoms with Gasteiger partial charge in [0, 0.05) is 17.7 Å². The second-order valence-corrected chi connectivity index (χ2v) is 6.51. The molecule has 0 aliphatic heterocycles. The normalized spacial score (nSPS) is 12.6. The summed E-state index contributed by atoms with van der Waals surface area (Å²) in [6.07, 6.45) is -5.94. The number of rotatable bonds is 8. The Morgan fingerprint density at radius 2 is 1.82 bits per heavy atom. The van der Waals surface area contributed by atoms with Crippen molar-refractivity contribution in [1.82, 2.24) is 15.1 Å². The maximum atomic E-state index is 13.2. The van der Waals surface area contributed by atoms with Gasteiger partial charge in [0.1, 0.15) is 5.75 Å². The van der Waals surface area contributed by atoms with Crippen LogP contribution in [0.3, 0.4) is 0 Å². The lowest BCUT2D eigenvalue weighted by atomic mass is 10.0. The maximum Gasteiger partial charge on any atom is 0.422 e. The summed E-state index contributed by atoms with van der Waals surface area (Å²) >= 11 is 0. The van der Waals surface area contributed by atoms with E-state index in [-0.39, 0.29) is 5.56 Å². The smallest absolute Gasteiger partial charge is 0.422 e. The molecule has 0 saturated heterocycles. The van der Waals surface area contributed by atoms with E-state index < -0.39 is 30.3 Å². The summed E-state index contributed by atoms with van der Waals surface area (Å²) < 4.78 is 81.3. The van der Waals surface area contributed by atoms with Crippen LogP contribution in [0, 0.1) is 0 Å². The molecule has 1 N–H and O–H groups in total. The Labute approximate surface area is 158 Å². The Balaban J connectivity index is 2.35. The number of aromatic nitrogens is 2. The van der Waals surface area contributed by atoms with E-state index in [9.17, 15) is 26.3 Å². The summed E-state index contributed by atoms with van der Waals surface area (Å²) in [6.45, 7) is 1.59. The van der Waals surface area contributed by atoms with Gasteiger partial charge < -0.3 is 9.64 Å². The molecule has 0 saturated carbocycles. The molecule has 0 aliphatic rings. The standard InChI is InChI=1S/C18H21F6N3O/c1-3-4-5-27(2)10-13-9-25-26-16(13)12-6-14(18(22,23)24)8-15(7-12)28-11-17(19,20)21/h6-9H,3-5,10-11H2,1-2H3,(H,25,26). The SMILES string of the molecule is CCCCN(C)Cc1cn[nH]c1-c1cc(OCC(F)(F)F)cc(C(F)(F)F)c1. The Kier molecular flexibility index (Phi) is 6.97. The highest BCUT2D eigenvalue weighted by Crippen LogP contribution is 2.36. The summed E-state index contributed by atoms with van der Waals surface area (Å²) in [5, 5.41) is 6.52. The van der Waals surface area contributed by atoms with Crippen molar-refractivity contribution in [3.8, 4) is 17.0 Å². The zero-order valence-electron chi connectivity index (χ0n) is 15.4. The van der Waals surface area contributed by atoms with Gasteiger partial charge in [0.2, 0.25) is 0 Å². The summed E-state index contributed by atoms with van der Waals surface area (Å²) in [5.74, 6) is -0.512. The summed E-state index contributed by atoms with van der Waals surface area (Å²) in [4.78, 5) is 1.99. The Hall–Kier alpha value is -2.23. The zero-order valence-corrected chi connectivity index (χ0v) is 15.4. The lowest BCUT2D eigenvalue weighted by Gasteiger charge is -2.17. The topological polar surface area (TPSA) is 41.2 Å². The highest BCUT2D eigenvalue weighted by molar-refractivity contribution is 5.66. The van der Waals surface area contributed by atoms with E-state index in [0.717, 1.165) is 31.5 Å². The van der Waals surface area contributed by atoms with Gasteiger partial charge in [0.25, 0.3) is 0 Å². The molecule has 156 valence electrons.